The van der Waals surface area contributed by atoms with Crippen molar-refractivity contribution in [3.8, 4) is 0 Å². The van der Waals surface area contributed by atoms with E-state index in [9.17, 15) is 0 Å². The normalized spacial score (nSPS) is 10.3. The molecule has 0 amide bonds. The topological polar surface area (TPSA) is 26.0 Å². The van der Waals surface area contributed by atoms with Crippen molar-refractivity contribution in [3.05, 3.63) is 64.7 Å². The molecule has 0 fully saturated rings. The minimum atomic E-state index is 0.781. The molecule has 0 aliphatic carbocycles. The van der Waals surface area contributed by atoms with Gasteiger partial charge in [-0.15, -0.1) is 0 Å². The molecule has 0 spiro atoms. The molecular formula is C14H14ClN. The van der Waals surface area contributed by atoms with Gasteiger partial charge in [0.05, 0.1) is 0 Å². The van der Waals surface area contributed by atoms with Gasteiger partial charge in [-0.2, -0.15) is 0 Å². The zero-order valence-electron chi connectivity index (χ0n) is 8.99. The van der Waals surface area contributed by atoms with Gasteiger partial charge in [-0.25, -0.2) is 0 Å². The number of nitrogens with two attached hydrogens (primary N) is 1. The Morgan fingerprint density at radius 3 is 2.25 bits per heavy atom. The quantitative estimate of drug-likeness (QED) is 0.801. The predicted molar refractivity (Wildman–Crippen MR) is 69.7 cm³/mol. The summed E-state index contributed by atoms with van der Waals surface area (Å²) in [5, 5.41) is 0.781. The molecular weight excluding hydrogens is 218 g/mol. The average Bonchev–Trinajstić information content (AvgIpc) is 2.30. The van der Waals surface area contributed by atoms with Crippen molar-refractivity contribution in [2.45, 2.75) is 12.8 Å². The first-order valence-corrected chi connectivity index (χ1v) is 5.71. The third kappa shape index (κ3) is 2.77. The molecule has 0 aliphatic heterocycles. The van der Waals surface area contributed by atoms with Gasteiger partial charge >= 0.3 is 0 Å². The van der Waals surface area contributed by atoms with E-state index in [1.165, 1.54) is 11.1 Å². The van der Waals surface area contributed by atoms with Crippen LogP contribution in [-0.2, 0) is 12.8 Å². The summed E-state index contributed by atoms with van der Waals surface area (Å²) in [6, 6.07) is 16.0. The second-order valence-electron chi connectivity index (χ2n) is 3.83. The smallest absolute Gasteiger partial charge is 0.0406 e. The molecule has 2 rings (SSSR count). The van der Waals surface area contributed by atoms with Crippen molar-refractivity contribution in [3.63, 3.8) is 0 Å². The van der Waals surface area contributed by atoms with Gasteiger partial charge in [0.1, 0.15) is 0 Å². The van der Waals surface area contributed by atoms with Gasteiger partial charge in [-0.05, 0) is 42.2 Å². The second-order valence-corrected chi connectivity index (χ2v) is 4.26. The highest BCUT2D eigenvalue weighted by atomic mass is 35.5. The van der Waals surface area contributed by atoms with E-state index < -0.39 is 0 Å². The molecule has 0 radical (unpaired) electrons. The molecule has 0 atom stereocenters. The molecule has 2 heteroatoms. The van der Waals surface area contributed by atoms with Crippen LogP contribution in [0.5, 0.6) is 0 Å². The lowest BCUT2D eigenvalue weighted by molar-refractivity contribution is 0.963. The maximum atomic E-state index is 5.89. The zero-order chi connectivity index (χ0) is 11.4. The molecule has 0 saturated heterocycles. The van der Waals surface area contributed by atoms with Crippen LogP contribution in [0.3, 0.4) is 0 Å². The molecule has 16 heavy (non-hydrogen) atoms. The lowest BCUT2D eigenvalue weighted by Crippen LogP contribution is -1.96. The Morgan fingerprint density at radius 1 is 0.875 bits per heavy atom. The van der Waals surface area contributed by atoms with E-state index in [0.29, 0.717) is 0 Å². The van der Waals surface area contributed by atoms with Gasteiger partial charge in [0.2, 0.25) is 0 Å². The van der Waals surface area contributed by atoms with E-state index in [1.54, 1.807) is 0 Å². The van der Waals surface area contributed by atoms with Crippen molar-refractivity contribution in [2.24, 2.45) is 0 Å². The highest BCUT2D eigenvalue weighted by molar-refractivity contribution is 6.30. The van der Waals surface area contributed by atoms with Crippen LogP contribution in [-0.4, -0.2) is 0 Å². The molecule has 1 nitrogen and oxygen atoms in total. The molecule has 0 bridgehead atoms. The molecule has 0 saturated carbocycles. The monoisotopic (exact) mass is 231 g/mol. The van der Waals surface area contributed by atoms with Crippen LogP contribution in [0.2, 0.25) is 5.02 Å². The molecule has 2 aromatic rings. The fraction of sp³-hybridized carbons (Fsp3) is 0.143. The number of halogens is 1. The van der Waals surface area contributed by atoms with Crippen LogP contribution in [0.1, 0.15) is 11.1 Å². The summed E-state index contributed by atoms with van der Waals surface area (Å²) in [6.07, 6.45) is 1.96. The van der Waals surface area contributed by atoms with Crippen LogP contribution in [0.4, 0.5) is 5.69 Å². The summed E-state index contributed by atoms with van der Waals surface area (Å²) in [5.41, 5.74) is 9.25. The first-order chi connectivity index (χ1) is 7.75. The van der Waals surface area contributed by atoms with Crippen LogP contribution in [0.15, 0.2) is 48.5 Å². The molecule has 0 aliphatic rings. The van der Waals surface area contributed by atoms with Crippen molar-refractivity contribution in [1.82, 2.24) is 0 Å². The van der Waals surface area contributed by atoms with Gasteiger partial charge < -0.3 is 5.73 Å². The largest absolute Gasteiger partial charge is 0.399 e. The number of rotatable bonds is 3. The summed E-state index contributed by atoms with van der Waals surface area (Å²) < 4.78 is 0. The Kier molecular flexibility index (Phi) is 3.47. The third-order valence-electron chi connectivity index (χ3n) is 2.65. The maximum absolute atomic E-state index is 5.89. The predicted octanol–water partition coefficient (Wildman–Crippen LogP) is 3.71. The summed E-state index contributed by atoms with van der Waals surface area (Å²) in [6.45, 7) is 0. The van der Waals surface area contributed by atoms with Crippen molar-refractivity contribution in [2.75, 3.05) is 5.73 Å². The highest BCUT2D eigenvalue weighted by Crippen LogP contribution is 2.15. The summed E-state index contributed by atoms with van der Waals surface area (Å²) in [5.74, 6) is 0. The first-order valence-electron chi connectivity index (χ1n) is 5.33. The third-order valence-corrected chi connectivity index (χ3v) is 2.90. The fourth-order valence-electron chi connectivity index (χ4n) is 1.69. The molecule has 2 N–H and O–H groups in total. The molecule has 0 unspecified atom stereocenters. The second kappa shape index (κ2) is 5.04. The SMILES string of the molecule is Nc1ccccc1CCc1ccc(Cl)cc1. The van der Waals surface area contributed by atoms with E-state index in [2.05, 4.69) is 18.2 Å². The van der Waals surface area contributed by atoms with Crippen molar-refractivity contribution < 1.29 is 0 Å². The number of para-hydroxylation sites is 1. The zero-order valence-corrected chi connectivity index (χ0v) is 9.74. The van der Waals surface area contributed by atoms with E-state index in [0.717, 1.165) is 23.6 Å². The van der Waals surface area contributed by atoms with Gasteiger partial charge in [0.15, 0.2) is 0 Å². The van der Waals surface area contributed by atoms with Crippen LogP contribution in [0, 0.1) is 0 Å². The lowest BCUT2D eigenvalue weighted by Gasteiger charge is -2.05. The minimum Gasteiger partial charge on any atom is -0.399 e. The molecule has 0 heterocycles. The molecule has 0 aromatic heterocycles. The summed E-state index contributed by atoms with van der Waals surface area (Å²) >= 11 is 5.83. The first kappa shape index (κ1) is 11.0. The van der Waals surface area contributed by atoms with E-state index in [1.807, 2.05) is 30.3 Å². The van der Waals surface area contributed by atoms with E-state index in [4.69, 9.17) is 17.3 Å². The standard InChI is InChI=1S/C14H14ClN/c15-13-9-6-11(7-10-13)5-8-12-3-1-2-4-14(12)16/h1-4,6-7,9-10H,5,8,16H2. The highest BCUT2D eigenvalue weighted by Gasteiger charge is 1.99. The maximum Gasteiger partial charge on any atom is 0.0406 e. The van der Waals surface area contributed by atoms with Crippen LogP contribution in [0.25, 0.3) is 0 Å². The molecule has 2 aromatic carbocycles. The number of anilines is 1. The summed E-state index contributed by atoms with van der Waals surface area (Å²) in [4.78, 5) is 0. The Bertz CT molecular complexity index is 462. The van der Waals surface area contributed by atoms with Gasteiger partial charge in [0, 0.05) is 10.7 Å². The average molecular weight is 232 g/mol. The summed E-state index contributed by atoms with van der Waals surface area (Å²) in [7, 11) is 0. The van der Waals surface area contributed by atoms with E-state index >= 15 is 0 Å². The number of benzene rings is 2. The van der Waals surface area contributed by atoms with Crippen molar-refractivity contribution in [1.29, 1.82) is 0 Å². The Balaban J connectivity index is 2.02. The number of hydrogen-bond donors (Lipinski definition) is 1. The molecule has 82 valence electrons. The number of aryl methyl sites for hydroxylation is 2. The van der Waals surface area contributed by atoms with Gasteiger partial charge in [-0.1, -0.05) is 41.9 Å². The Labute approximate surface area is 101 Å². The van der Waals surface area contributed by atoms with Gasteiger partial charge in [0.25, 0.3) is 0 Å². The lowest BCUT2D eigenvalue weighted by atomic mass is 10.0. The van der Waals surface area contributed by atoms with E-state index in [-0.39, 0.29) is 0 Å². The number of hydrogen-bond acceptors (Lipinski definition) is 1. The minimum absolute atomic E-state index is 0.781. The fourth-order valence-corrected chi connectivity index (χ4v) is 1.82. The van der Waals surface area contributed by atoms with Gasteiger partial charge in [-0.3, -0.25) is 0 Å². The van der Waals surface area contributed by atoms with Crippen molar-refractivity contribution >= 4 is 17.3 Å². The van der Waals surface area contributed by atoms with Crippen LogP contribution >= 0.6 is 11.6 Å². The van der Waals surface area contributed by atoms with Crippen LogP contribution < -0.4 is 5.73 Å². The Morgan fingerprint density at radius 2 is 1.56 bits per heavy atom. The Hall–Kier alpha value is -1.47. The number of nitrogen functional groups attached to an aromatic ring is 1.